The van der Waals surface area contributed by atoms with Gasteiger partial charge in [-0.05, 0) is 42.8 Å². The fourth-order valence-corrected chi connectivity index (χ4v) is 4.44. The standard InChI is InChI=1S/C18H20NO5PS/c1-22-15-8-4-7-14-16(24-25(20,21)23-11-5-10-19)12-13-6-2-3-9-17(13)26-18(14)15/h2-4,6-9,12H,5,10-11,19H2,1H3,(H,20,21). The van der Waals surface area contributed by atoms with E-state index in [9.17, 15) is 9.46 Å². The third kappa shape index (κ3) is 4.31. The molecule has 0 aliphatic carbocycles. The van der Waals surface area contributed by atoms with Crippen molar-refractivity contribution in [3.05, 3.63) is 53.6 Å². The van der Waals surface area contributed by atoms with E-state index in [1.807, 2.05) is 42.5 Å². The Bertz CT molecular complexity index is 870. The second kappa shape index (κ2) is 8.29. The molecule has 1 unspecified atom stereocenters. The lowest BCUT2D eigenvalue weighted by Gasteiger charge is -2.17. The van der Waals surface area contributed by atoms with Crippen molar-refractivity contribution in [1.82, 2.24) is 0 Å². The average molecular weight is 393 g/mol. The van der Waals surface area contributed by atoms with Crippen molar-refractivity contribution in [3.63, 3.8) is 0 Å². The summed E-state index contributed by atoms with van der Waals surface area (Å²) in [7, 11) is -2.69. The summed E-state index contributed by atoms with van der Waals surface area (Å²) in [5, 5.41) is 0. The number of methoxy groups -OCH3 is 1. The SMILES string of the molecule is COc1cccc2c1Sc1ccccc1C=C2OP(=O)(O)OCCCN. The van der Waals surface area contributed by atoms with Crippen LogP contribution in [-0.4, -0.2) is 25.2 Å². The van der Waals surface area contributed by atoms with E-state index in [0.717, 1.165) is 15.4 Å². The molecule has 0 aromatic heterocycles. The average Bonchev–Trinajstić information content (AvgIpc) is 2.77. The van der Waals surface area contributed by atoms with E-state index in [-0.39, 0.29) is 12.4 Å². The normalized spacial score (nSPS) is 15.1. The first-order valence-electron chi connectivity index (χ1n) is 8.07. The molecule has 3 N–H and O–H groups in total. The largest absolute Gasteiger partial charge is 0.527 e. The number of benzene rings is 2. The highest BCUT2D eigenvalue weighted by atomic mass is 32.2. The van der Waals surface area contributed by atoms with Crippen LogP contribution in [0.4, 0.5) is 0 Å². The fourth-order valence-electron chi connectivity index (χ4n) is 2.49. The van der Waals surface area contributed by atoms with Gasteiger partial charge in [-0.15, -0.1) is 0 Å². The van der Waals surface area contributed by atoms with Gasteiger partial charge in [0.2, 0.25) is 0 Å². The molecule has 1 heterocycles. The summed E-state index contributed by atoms with van der Waals surface area (Å²) in [5.74, 6) is 0.922. The van der Waals surface area contributed by atoms with Gasteiger partial charge in [0.15, 0.2) is 0 Å². The quantitative estimate of drug-likeness (QED) is 0.540. The number of nitrogens with two attached hydrogens (primary N) is 1. The molecule has 0 fully saturated rings. The lowest BCUT2D eigenvalue weighted by molar-refractivity contribution is 0.193. The lowest BCUT2D eigenvalue weighted by atomic mass is 10.1. The highest BCUT2D eigenvalue weighted by Gasteiger charge is 2.28. The highest BCUT2D eigenvalue weighted by molar-refractivity contribution is 7.99. The molecule has 0 bridgehead atoms. The van der Waals surface area contributed by atoms with Gasteiger partial charge in [-0.1, -0.05) is 36.0 Å². The molecule has 1 aliphatic heterocycles. The summed E-state index contributed by atoms with van der Waals surface area (Å²) < 4.78 is 28.2. The van der Waals surface area contributed by atoms with Crippen LogP contribution in [0.15, 0.2) is 52.3 Å². The van der Waals surface area contributed by atoms with Crippen LogP contribution >= 0.6 is 19.6 Å². The van der Waals surface area contributed by atoms with Crippen LogP contribution in [0, 0.1) is 0 Å². The van der Waals surface area contributed by atoms with Crippen LogP contribution in [0.2, 0.25) is 0 Å². The molecule has 0 amide bonds. The van der Waals surface area contributed by atoms with Gasteiger partial charge in [-0.25, -0.2) is 4.57 Å². The predicted octanol–water partition coefficient (Wildman–Crippen LogP) is 4.14. The third-order valence-corrected chi connectivity index (χ3v) is 5.85. The Morgan fingerprint density at radius 2 is 2.00 bits per heavy atom. The van der Waals surface area contributed by atoms with Crippen LogP contribution in [0.3, 0.4) is 0 Å². The Morgan fingerprint density at radius 3 is 2.77 bits per heavy atom. The molecule has 26 heavy (non-hydrogen) atoms. The Kier molecular flexibility index (Phi) is 6.06. The van der Waals surface area contributed by atoms with Crippen molar-refractivity contribution >= 4 is 31.4 Å². The van der Waals surface area contributed by atoms with E-state index in [2.05, 4.69) is 0 Å². The van der Waals surface area contributed by atoms with E-state index in [1.165, 1.54) is 11.8 Å². The molecule has 0 radical (unpaired) electrons. The van der Waals surface area contributed by atoms with Crippen molar-refractivity contribution in [2.24, 2.45) is 5.73 Å². The van der Waals surface area contributed by atoms with Gasteiger partial charge in [0, 0.05) is 10.5 Å². The van der Waals surface area contributed by atoms with Gasteiger partial charge in [0.25, 0.3) is 0 Å². The maximum atomic E-state index is 12.3. The van der Waals surface area contributed by atoms with Gasteiger partial charge in [-0.2, -0.15) is 0 Å². The summed E-state index contributed by atoms with van der Waals surface area (Å²) >= 11 is 1.52. The van der Waals surface area contributed by atoms with E-state index in [1.54, 1.807) is 13.2 Å². The first-order valence-corrected chi connectivity index (χ1v) is 10.4. The van der Waals surface area contributed by atoms with Crippen molar-refractivity contribution < 1.29 is 23.2 Å². The molecule has 2 aromatic rings. The van der Waals surface area contributed by atoms with Crippen LogP contribution in [0.1, 0.15) is 17.5 Å². The maximum Gasteiger partial charge on any atom is 0.527 e. The summed E-state index contributed by atoms with van der Waals surface area (Å²) in [4.78, 5) is 11.9. The van der Waals surface area contributed by atoms with E-state index in [0.29, 0.717) is 24.3 Å². The van der Waals surface area contributed by atoms with Gasteiger partial charge in [0.05, 0.1) is 18.6 Å². The van der Waals surface area contributed by atoms with Crippen LogP contribution in [0.5, 0.6) is 5.75 Å². The van der Waals surface area contributed by atoms with Crippen LogP contribution in [0.25, 0.3) is 11.8 Å². The Morgan fingerprint density at radius 1 is 1.19 bits per heavy atom. The van der Waals surface area contributed by atoms with Crippen LogP contribution < -0.4 is 10.5 Å². The molecule has 0 saturated carbocycles. The number of fused-ring (bicyclic) bond motifs is 2. The number of hydrogen-bond acceptors (Lipinski definition) is 6. The number of hydrogen-bond donors (Lipinski definition) is 2. The van der Waals surface area contributed by atoms with Crippen molar-refractivity contribution in [3.8, 4) is 5.75 Å². The van der Waals surface area contributed by atoms with E-state index in [4.69, 9.17) is 19.5 Å². The van der Waals surface area contributed by atoms with Gasteiger partial charge in [-0.3, -0.25) is 9.42 Å². The molecular weight excluding hydrogens is 373 g/mol. The molecule has 1 aliphatic rings. The Hall–Kier alpha value is -1.76. The Balaban J connectivity index is 2.03. The zero-order valence-corrected chi connectivity index (χ0v) is 16.0. The highest BCUT2D eigenvalue weighted by Crippen LogP contribution is 2.52. The Labute approximate surface area is 156 Å². The van der Waals surface area contributed by atoms with Crippen LogP contribution in [-0.2, 0) is 13.6 Å². The van der Waals surface area contributed by atoms with Crippen molar-refractivity contribution in [1.29, 1.82) is 0 Å². The minimum Gasteiger partial charge on any atom is -0.496 e. The zero-order chi connectivity index (χ0) is 18.6. The molecule has 2 aromatic carbocycles. The molecule has 138 valence electrons. The summed E-state index contributed by atoms with van der Waals surface area (Å²) in [6.07, 6.45) is 2.21. The minimum atomic E-state index is -4.27. The summed E-state index contributed by atoms with van der Waals surface area (Å²) in [6.45, 7) is 0.417. The fraction of sp³-hybridized carbons (Fsp3) is 0.222. The molecule has 1 atom stereocenters. The molecule has 6 nitrogen and oxygen atoms in total. The second-order valence-electron chi connectivity index (χ2n) is 5.52. The summed E-state index contributed by atoms with van der Waals surface area (Å²) in [5.41, 5.74) is 6.94. The number of rotatable bonds is 7. The number of phosphoric ester groups is 1. The summed E-state index contributed by atoms with van der Waals surface area (Å²) in [6, 6.07) is 13.2. The molecule has 0 saturated heterocycles. The van der Waals surface area contributed by atoms with Crippen molar-refractivity contribution in [2.75, 3.05) is 20.3 Å². The molecule has 3 rings (SSSR count). The number of ether oxygens (including phenoxy) is 1. The molecule has 0 spiro atoms. The van der Waals surface area contributed by atoms with Crippen molar-refractivity contribution in [2.45, 2.75) is 16.2 Å². The van der Waals surface area contributed by atoms with Gasteiger partial charge >= 0.3 is 7.82 Å². The monoisotopic (exact) mass is 393 g/mol. The third-order valence-electron chi connectivity index (χ3n) is 3.70. The zero-order valence-electron chi connectivity index (χ0n) is 14.3. The molecule has 8 heteroatoms. The first kappa shape index (κ1) is 19.0. The van der Waals surface area contributed by atoms with E-state index < -0.39 is 7.82 Å². The number of phosphoric acid groups is 1. The first-order chi connectivity index (χ1) is 12.5. The maximum absolute atomic E-state index is 12.3. The smallest absolute Gasteiger partial charge is 0.496 e. The minimum absolute atomic E-state index is 0.0495. The predicted molar refractivity (Wildman–Crippen MR) is 102 cm³/mol. The topological polar surface area (TPSA) is 91.0 Å². The second-order valence-corrected chi connectivity index (χ2v) is 7.95. The van der Waals surface area contributed by atoms with Gasteiger partial charge in [0.1, 0.15) is 11.5 Å². The van der Waals surface area contributed by atoms with Gasteiger partial charge < -0.3 is 15.0 Å². The van der Waals surface area contributed by atoms with E-state index >= 15 is 0 Å². The molecular formula is C18H20NO5PS. The lowest BCUT2D eigenvalue weighted by Crippen LogP contribution is -2.04.